The van der Waals surface area contributed by atoms with Gasteiger partial charge in [-0.2, -0.15) is 0 Å². The molecule has 0 fully saturated rings. The van der Waals surface area contributed by atoms with Crippen LogP contribution < -0.4 is 20.1 Å². The summed E-state index contributed by atoms with van der Waals surface area (Å²) in [7, 11) is 6.01. The normalized spacial score (nSPS) is 10.6. The fourth-order valence-electron chi connectivity index (χ4n) is 2.24. The molecule has 2 N–H and O–H groups in total. The van der Waals surface area contributed by atoms with Gasteiger partial charge in [-0.25, -0.2) is 4.98 Å². The third-order valence-electron chi connectivity index (χ3n) is 3.72. The number of ether oxygens (including phenoxy) is 4. The molecule has 0 bridgehead atoms. The van der Waals surface area contributed by atoms with E-state index in [1.165, 1.54) is 39.8 Å². The lowest BCUT2D eigenvalue weighted by atomic mass is 10.2. The summed E-state index contributed by atoms with van der Waals surface area (Å²) >= 11 is 1.23. The first-order valence-electron chi connectivity index (χ1n) is 8.30. The summed E-state index contributed by atoms with van der Waals surface area (Å²) in [6, 6.07) is 4.87. The maximum Gasteiger partial charge on any atom is 0.257 e. The summed E-state index contributed by atoms with van der Waals surface area (Å²) in [5, 5.41) is 7.51. The van der Waals surface area contributed by atoms with E-state index < -0.39 is 6.29 Å². The molecule has 0 unspecified atom stereocenters. The van der Waals surface area contributed by atoms with Crippen molar-refractivity contribution >= 4 is 28.3 Å². The zero-order valence-electron chi connectivity index (χ0n) is 16.1. The number of amides is 2. The van der Waals surface area contributed by atoms with Gasteiger partial charge in [0.2, 0.25) is 5.91 Å². The predicted molar refractivity (Wildman–Crippen MR) is 104 cm³/mol. The fraction of sp³-hybridized carbons (Fsp3) is 0.389. The SMILES string of the molecule is COc1cc(OC)cc(C(=O)Nc2nc(CC(=O)NCC(OC)OC)cs2)c1. The van der Waals surface area contributed by atoms with E-state index in [0.717, 1.165) is 0 Å². The van der Waals surface area contributed by atoms with Gasteiger partial charge in [0.25, 0.3) is 5.91 Å². The summed E-state index contributed by atoms with van der Waals surface area (Å²) in [6.45, 7) is 0.233. The van der Waals surface area contributed by atoms with Crippen LogP contribution in [-0.4, -0.2) is 58.1 Å². The van der Waals surface area contributed by atoms with Gasteiger partial charge in [-0.05, 0) is 12.1 Å². The first-order chi connectivity index (χ1) is 13.5. The summed E-state index contributed by atoms with van der Waals surface area (Å²) in [6.07, 6.45) is -0.423. The van der Waals surface area contributed by atoms with Crippen molar-refractivity contribution in [2.24, 2.45) is 0 Å². The molecule has 10 heteroatoms. The molecule has 0 atom stereocenters. The predicted octanol–water partition coefficient (Wildman–Crippen LogP) is 1.69. The maximum absolute atomic E-state index is 12.5. The van der Waals surface area contributed by atoms with Crippen LogP contribution in [-0.2, 0) is 20.7 Å². The third kappa shape index (κ3) is 6.19. The molecule has 2 rings (SSSR count). The van der Waals surface area contributed by atoms with Crippen molar-refractivity contribution in [1.82, 2.24) is 10.3 Å². The number of nitrogens with one attached hydrogen (secondary N) is 2. The summed E-state index contributed by atoms with van der Waals surface area (Å²) in [5.74, 6) is 0.434. The Morgan fingerprint density at radius 2 is 1.71 bits per heavy atom. The van der Waals surface area contributed by atoms with Crippen LogP contribution in [0.4, 0.5) is 5.13 Å². The van der Waals surface area contributed by atoms with E-state index in [1.807, 2.05) is 0 Å². The molecule has 2 amide bonds. The minimum absolute atomic E-state index is 0.0828. The minimum atomic E-state index is -0.505. The smallest absolute Gasteiger partial charge is 0.257 e. The summed E-state index contributed by atoms with van der Waals surface area (Å²) in [4.78, 5) is 28.7. The van der Waals surface area contributed by atoms with Gasteiger partial charge in [-0.15, -0.1) is 11.3 Å². The van der Waals surface area contributed by atoms with Crippen LogP contribution in [0.2, 0.25) is 0 Å². The number of rotatable bonds is 10. The molecule has 2 aromatic rings. The first-order valence-corrected chi connectivity index (χ1v) is 9.18. The van der Waals surface area contributed by atoms with Crippen LogP contribution in [0.25, 0.3) is 0 Å². The number of hydrogen-bond acceptors (Lipinski definition) is 8. The van der Waals surface area contributed by atoms with Gasteiger partial charge in [0.1, 0.15) is 11.5 Å². The number of carbonyl (C=O) groups is 2. The molecule has 0 aliphatic heterocycles. The lowest BCUT2D eigenvalue weighted by molar-refractivity contribution is -0.126. The molecule has 9 nitrogen and oxygen atoms in total. The van der Waals surface area contributed by atoms with E-state index in [0.29, 0.717) is 27.9 Å². The van der Waals surface area contributed by atoms with Gasteiger partial charge < -0.3 is 24.3 Å². The first kappa shape index (κ1) is 21.6. The van der Waals surface area contributed by atoms with Gasteiger partial charge in [-0.1, -0.05) is 0 Å². The second-order valence-corrected chi connectivity index (χ2v) is 6.44. The largest absolute Gasteiger partial charge is 0.497 e. The lowest BCUT2D eigenvalue weighted by Crippen LogP contribution is -2.35. The number of benzene rings is 1. The van der Waals surface area contributed by atoms with Crippen LogP contribution in [0.1, 0.15) is 16.1 Å². The van der Waals surface area contributed by atoms with E-state index in [4.69, 9.17) is 18.9 Å². The van der Waals surface area contributed by atoms with Crippen LogP contribution in [0.5, 0.6) is 11.5 Å². The van der Waals surface area contributed by atoms with Gasteiger partial charge in [0.05, 0.1) is 32.9 Å². The molecule has 0 radical (unpaired) electrons. The molecule has 0 spiro atoms. The number of aromatic nitrogens is 1. The van der Waals surface area contributed by atoms with Gasteiger partial charge in [-0.3, -0.25) is 14.9 Å². The highest BCUT2D eigenvalue weighted by atomic mass is 32.1. The average molecular weight is 409 g/mol. The fourth-order valence-corrected chi connectivity index (χ4v) is 2.95. The molecule has 152 valence electrons. The standard InChI is InChI=1S/C18H23N3O6S/c1-24-13-5-11(6-14(8-13)25-2)17(23)21-18-20-12(10-28-18)7-15(22)19-9-16(26-3)27-4/h5-6,8,10,16H,7,9H2,1-4H3,(H,19,22)(H,20,21,23). The minimum Gasteiger partial charge on any atom is -0.497 e. The van der Waals surface area contributed by atoms with Crippen LogP contribution in [0, 0.1) is 0 Å². The van der Waals surface area contributed by atoms with Crippen molar-refractivity contribution < 1.29 is 28.5 Å². The van der Waals surface area contributed by atoms with Gasteiger partial charge >= 0.3 is 0 Å². The molecule has 0 aliphatic carbocycles. The Bertz CT molecular complexity index is 784. The Balaban J connectivity index is 1.95. The van der Waals surface area contributed by atoms with E-state index in [2.05, 4.69) is 15.6 Å². The highest BCUT2D eigenvalue weighted by molar-refractivity contribution is 7.14. The lowest BCUT2D eigenvalue weighted by Gasteiger charge is -2.13. The van der Waals surface area contributed by atoms with Crippen molar-refractivity contribution in [3.05, 3.63) is 34.8 Å². The number of nitrogens with zero attached hydrogens (tertiary/aromatic N) is 1. The third-order valence-corrected chi connectivity index (χ3v) is 4.53. The molecule has 1 aromatic carbocycles. The monoisotopic (exact) mass is 409 g/mol. The van der Waals surface area contributed by atoms with Crippen molar-refractivity contribution in [2.45, 2.75) is 12.7 Å². The highest BCUT2D eigenvalue weighted by Gasteiger charge is 2.14. The van der Waals surface area contributed by atoms with Crippen LogP contribution in [0.3, 0.4) is 0 Å². The Morgan fingerprint density at radius 1 is 1.07 bits per heavy atom. The second-order valence-electron chi connectivity index (χ2n) is 5.58. The molecule has 0 saturated carbocycles. The Morgan fingerprint density at radius 3 is 2.29 bits per heavy atom. The molecule has 1 heterocycles. The zero-order valence-corrected chi connectivity index (χ0v) is 16.9. The van der Waals surface area contributed by atoms with Gasteiger partial charge in [0, 0.05) is 31.2 Å². The summed E-state index contributed by atoms with van der Waals surface area (Å²) < 4.78 is 20.3. The Hall–Kier alpha value is -2.69. The molecule has 0 aliphatic rings. The van der Waals surface area contributed by atoms with Crippen LogP contribution >= 0.6 is 11.3 Å². The number of anilines is 1. The average Bonchev–Trinajstić information content (AvgIpc) is 3.14. The van der Waals surface area contributed by atoms with Gasteiger partial charge in [0.15, 0.2) is 11.4 Å². The van der Waals surface area contributed by atoms with E-state index >= 15 is 0 Å². The van der Waals surface area contributed by atoms with Crippen LogP contribution in [0.15, 0.2) is 23.6 Å². The van der Waals surface area contributed by atoms with E-state index in [-0.39, 0.29) is 24.8 Å². The molecule has 28 heavy (non-hydrogen) atoms. The molecular formula is C18H23N3O6S. The zero-order chi connectivity index (χ0) is 20.5. The quantitative estimate of drug-likeness (QED) is 0.575. The molecule has 1 aromatic heterocycles. The molecule has 0 saturated heterocycles. The van der Waals surface area contributed by atoms with Crippen molar-refractivity contribution in [3.8, 4) is 11.5 Å². The summed E-state index contributed by atoms with van der Waals surface area (Å²) in [5.41, 5.74) is 0.920. The van der Waals surface area contributed by atoms with Crippen molar-refractivity contribution in [1.29, 1.82) is 0 Å². The number of thiazole rings is 1. The Kier molecular flexibility index (Phi) is 8.18. The topological polar surface area (TPSA) is 108 Å². The highest BCUT2D eigenvalue weighted by Crippen LogP contribution is 2.24. The van der Waals surface area contributed by atoms with Crippen molar-refractivity contribution in [3.63, 3.8) is 0 Å². The van der Waals surface area contributed by atoms with E-state index in [1.54, 1.807) is 23.6 Å². The van der Waals surface area contributed by atoms with E-state index in [9.17, 15) is 9.59 Å². The Labute approximate surface area is 167 Å². The second kappa shape index (κ2) is 10.6. The number of carbonyl (C=O) groups excluding carboxylic acids is 2. The maximum atomic E-state index is 12.5. The number of hydrogen-bond donors (Lipinski definition) is 2. The molecular weight excluding hydrogens is 386 g/mol. The number of methoxy groups -OCH3 is 4. The van der Waals surface area contributed by atoms with Crippen molar-refractivity contribution in [2.75, 3.05) is 40.3 Å².